The fraction of sp³-hybridized carbons (Fsp3) is 0.846. The van der Waals surface area contributed by atoms with Crippen LogP contribution in [0.15, 0.2) is 0 Å². The normalized spacial score (nSPS) is 24.6. The molecule has 0 amide bonds. The molecule has 0 aromatic rings. The third-order valence-electron chi connectivity index (χ3n) is 4.05. The topological polar surface area (TPSA) is 20.2 Å². The van der Waals surface area contributed by atoms with E-state index >= 15 is 0 Å². The van der Waals surface area contributed by atoms with Gasteiger partial charge in [0, 0.05) is 10.8 Å². The van der Waals surface area contributed by atoms with E-state index < -0.39 is 5.60 Å². The molecule has 0 aromatic heterocycles. The van der Waals surface area contributed by atoms with Crippen LogP contribution in [0.2, 0.25) is 0 Å². The van der Waals surface area contributed by atoms with Crippen molar-refractivity contribution in [1.29, 1.82) is 0 Å². The van der Waals surface area contributed by atoms with Crippen molar-refractivity contribution < 1.29 is 5.11 Å². The number of hydrogen-bond acceptors (Lipinski definition) is 1. The van der Waals surface area contributed by atoms with E-state index in [0.29, 0.717) is 0 Å². The summed E-state index contributed by atoms with van der Waals surface area (Å²) < 4.78 is 0. The lowest BCUT2D eigenvalue weighted by Crippen LogP contribution is -2.58. The van der Waals surface area contributed by atoms with Gasteiger partial charge in [-0.15, -0.1) is 6.42 Å². The number of rotatable bonds is 2. The van der Waals surface area contributed by atoms with Crippen molar-refractivity contribution in [1.82, 2.24) is 0 Å². The summed E-state index contributed by atoms with van der Waals surface area (Å²) >= 11 is 0. The van der Waals surface area contributed by atoms with Crippen molar-refractivity contribution in [3.8, 4) is 12.3 Å². The van der Waals surface area contributed by atoms with E-state index in [1.165, 1.54) is 6.42 Å². The first kappa shape index (κ1) is 11.6. The van der Waals surface area contributed by atoms with E-state index in [0.717, 1.165) is 19.3 Å². The molecule has 0 spiro atoms. The molecule has 0 radical (unpaired) electrons. The van der Waals surface area contributed by atoms with E-state index in [-0.39, 0.29) is 10.8 Å². The van der Waals surface area contributed by atoms with Crippen LogP contribution < -0.4 is 0 Å². The first-order valence-electron chi connectivity index (χ1n) is 5.53. The fourth-order valence-corrected chi connectivity index (χ4v) is 2.74. The summed E-state index contributed by atoms with van der Waals surface area (Å²) in [7, 11) is 0. The summed E-state index contributed by atoms with van der Waals surface area (Å²) in [5, 5.41) is 10.7. The largest absolute Gasteiger partial charge is 0.376 e. The van der Waals surface area contributed by atoms with Crippen molar-refractivity contribution in [3.63, 3.8) is 0 Å². The van der Waals surface area contributed by atoms with Gasteiger partial charge in [0.15, 0.2) is 0 Å². The summed E-state index contributed by atoms with van der Waals surface area (Å²) in [5.74, 6) is 2.67. The smallest absolute Gasteiger partial charge is 0.135 e. The lowest BCUT2D eigenvalue weighted by molar-refractivity contribution is -0.150. The summed E-state index contributed by atoms with van der Waals surface area (Å²) in [6.07, 6.45) is 9.89. The summed E-state index contributed by atoms with van der Waals surface area (Å²) in [4.78, 5) is 0. The summed E-state index contributed by atoms with van der Waals surface area (Å²) in [5.41, 5.74) is -1.22. The molecule has 1 fully saturated rings. The predicted octanol–water partition coefficient (Wildman–Crippen LogP) is 2.98. The van der Waals surface area contributed by atoms with Crippen molar-refractivity contribution in [3.05, 3.63) is 0 Å². The standard InChI is InChI=1S/C13H22O/c1-6-12(9-8-10-12)13(14,7-2)11(3,4)5/h2,14H,6,8-10H2,1,3-5H3. The molecule has 1 nitrogen and oxygen atoms in total. The average Bonchev–Trinajstić information content (AvgIpc) is 2.00. The van der Waals surface area contributed by atoms with Crippen LogP contribution in [0.3, 0.4) is 0 Å². The molecule has 1 atom stereocenters. The van der Waals surface area contributed by atoms with Crippen molar-refractivity contribution in [2.24, 2.45) is 10.8 Å². The Hall–Kier alpha value is -0.480. The molecule has 0 saturated heterocycles. The maximum absolute atomic E-state index is 10.7. The number of terminal acetylenes is 1. The molecule has 0 bridgehead atoms. The molecule has 0 aliphatic heterocycles. The van der Waals surface area contributed by atoms with E-state index in [9.17, 15) is 5.11 Å². The van der Waals surface area contributed by atoms with Gasteiger partial charge in [-0.2, -0.15) is 0 Å². The average molecular weight is 194 g/mol. The van der Waals surface area contributed by atoms with Crippen molar-refractivity contribution in [2.75, 3.05) is 0 Å². The number of aliphatic hydroxyl groups is 1. The van der Waals surface area contributed by atoms with E-state index in [1.807, 2.05) is 20.8 Å². The minimum absolute atomic E-state index is 0.0278. The Bertz CT molecular complexity index is 244. The SMILES string of the molecule is C#CC(O)(C(C)(C)C)C1(CC)CCC1. The lowest BCUT2D eigenvalue weighted by atomic mass is 9.51. The maximum atomic E-state index is 10.7. The molecular weight excluding hydrogens is 172 g/mol. The van der Waals surface area contributed by atoms with Crippen LogP contribution in [-0.4, -0.2) is 10.7 Å². The molecule has 1 heteroatoms. The van der Waals surface area contributed by atoms with Crippen molar-refractivity contribution in [2.45, 2.75) is 59.0 Å². The summed E-state index contributed by atoms with van der Waals surface area (Å²) in [6, 6.07) is 0. The molecule has 1 unspecified atom stereocenters. The zero-order valence-corrected chi connectivity index (χ0v) is 9.85. The van der Waals surface area contributed by atoms with Gasteiger partial charge >= 0.3 is 0 Å². The van der Waals surface area contributed by atoms with Gasteiger partial charge in [0.05, 0.1) is 0 Å². The van der Waals surface area contributed by atoms with E-state index in [4.69, 9.17) is 6.42 Å². The molecule has 0 aromatic carbocycles. The van der Waals surface area contributed by atoms with Gasteiger partial charge in [-0.3, -0.25) is 0 Å². The molecule has 14 heavy (non-hydrogen) atoms. The third kappa shape index (κ3) is 1.28. The summed E-state index contributed by atoms with van der Waals surface area (Å²) in [6.45, 7) is 8.22. The Kier molecular flexibility index (Phi) is 2.71. The first-order chi connectivity index (χ1) is 6.33. The Morgan fingerprint density at radius 3 is 1.93 bits per heavy atom. The van der Waals surface area contributed by atoms with Crippen LogP contribution in [0.25, 0.3) is 0 Å². The van der Waals surface area contributed by atoms with Gasteiger partial charge in [-0.25, -0.2) is 0 Å². The monoisotopic (exact) mass is 194 g/mol. The lowest BCUT2D eigenvalue weighted by Gasteiger charge is -2.56. The molecule has 1 saturated carbocycles. The van der Waals surface area contributed by atoms with Gasteiger partial charge in [-0.1, -0.05) is 40.0 Å². The van der Waals surface area contributed by atoms with Gasteiger partial charge in [0.25, 0.3) is 0 Å². The van der Waals surface area contributed by atoms with Gasteiger partial charge < -0.3 is 5.11 Å². The van der Waals surface area contributed by atoms with Crippen LogP contribution >= 0.6 is 0 Å². The Morgan fingerprint density at radius 2 is 1.86 bits per heavy atom. The van der Waals surface area contributed by atoms with E-state index in [2.05, 4.69) is 12.8 Å². The molecule has 1 N–H and O–H groups in total. The van der Waals surface area contributed by atoms with Crippen LogP contribution in [-0.2, 0) is 0 Å². The molecule has 1 aliphatic rings. The van der Waals surface area contributed by atoms with Gasteiger partial charge in [-0.05, 0) is 19.3 Å². The molecule has 1 rings (SSSR count). The molecular formula is C13H22O. The fourth-order valence-electron chi connectivity index (χ4n) is 2.74. The quantitative estimate of drug-likeness (QED) is 0.670. The highest BCUT2D eigenvalue weighted by Gasteiger charge is 2.57. The minimum Gasteiger partial charge on any atom is -0.376 e. The predicted molar refractivity (Wildman–Crippen MR) is 59.8 cm³/mol. The van der Waals surface area contributed by atoms with Crippen LogP contribution in [0.1, 0.15) is 53.4 Å². The first-order valence-corrected chi connectivity index (χ1v) is 5.53. The molecule has 0 heterocycles. The Balaban J connectivity index is 3.07. The van der Waals surface area contributed by atoms with Gasteiger partial charge in [0.2, 0.25) is 0 Å². The zero-order valence-electron chi connectivity index (χ0n) is 9.85. The highest BCUT2D eigenvalue weighted by molar-refractivity contribution is 5.23. The second-order valence-electron chi connectivity index (χ2n) is 5.59. The molecule has 1 aliphatic carbocycles. The second-order valence-corrected chi connectivity index (χ2v) is 5.59. The maximum Gasteiger partial charge on any atom is 0.135 e. The van der Waals surface area contributed by atoms with Gasteiger partial charge in [0.1, 0.15) is 5.60 Å². The third-order valence-corrected chi connectivity index (χ3v) is 4.05. The zero-order chi connectivity index (χ0) is 11.0. The highest BCUT2D eigenvalue weighted by atomic mass is 16.3. The highest BCUT2D eigenvalue weighted by Crippen LogP contribution is 2.57. The second kappa shape index (κ2) is 3.28. The Labute approximate surface area is 87.9 Å². The Morgan fingerprint density at radius 1 is 1.36 bits per heavy atom. The van der Waals surface area contributed by atoms with Crippen LogP contribution in [0, 0.1) is 23.2 Å². The van der Waals surface area contributed by atoms with Crippen molar-refractivity contribution >= 4 is 0 Å². The molecule has 80 valence electrons. The van der Waals surface area contributed by atoms with E-state index in [1.54, 1.807) is 0 Å². The van der Waals surface area contributed by atoms with Crippen LogP contribution in [0.5, 0.6) is 0 Å². The number of hydrogen-bond donors (Lipinski definition) is 1. The van der Waals surface area contributed by atoms with Crippen LogP contribution in [0.4, 0.5) is 0 Å². The minimum atomic E-state index is -0.951.